The summed E-state index contributed by atoms with van der Waals surface area (Å²) in [6.07, 6.45) is 3.41. The van der Waals surface area contributed by atoms with Gasteiger partial charge in [-0.05, 0) is 24.3 Å². The number of rotatable bonds is 4. The number of nitrogens with zero attached hydrogens (tertiary/aromatic N) is 4. The van der Waals surface area contributed by atoms with E-state index in [0.29, 0.717) is 49.1 Å². The predicted octanol–water partition coefficient (Wildman–Crippen LogP) is 3.40. The number of carbonyl (C=O) groups is 1. The zero-order valence-corrected chi connectivity index (χ0v) is 16.8. The molecular formula is C21H22ClFN4O2. The Kier molecular flexibility index (Phi) is 6.39. The van der Waals surface area contributed by atoms with Gasteiger partial charge in [-0.25, -0.2) is 9.37 Å². The standard InChI is InChI=1S/C21H21FN4O2.ClH/c1-28-19-9-5-2-6-16(19)20(27)24-12-14-25(15-13-24)21-23-10-11-26(21)18-8-4-3-7-17(18)22;/h2-11H,12-15H2,1H3;1H. The summed E-state index contributed by atoms with van der Waals surface area (Å²) in [5.74, 6) is 0.904. The molecule has 8 heteroatoms. The number of piperazine rings is 1. The lowest BCUT2D eigenvalue weighted by atomic mass is 10.1. The van der Waals surface area contributed by atoms with E-state index in [1.54, 1.807) is 54.4 Å². The third kappa shape index (κ3) is 4.05. The van der Waals surface area contributed by atoms with Crippen LogP contribution in [0.3, 0.4) is 0 Å². The van der Waals surface area contributed by atoms with Crippen LogP contribution in [0.1, 0.15) is 10.4 Å². The minimum absolute atomic E-state index is 0. The number of methoxy groups -OCH3 is 1. The van der Waals surface area contributed by atoms with Crippen LogP contribution in [-0.2, 0) is 0 Å². The second-order valence-corrected chi connectivity index (χ2v) is 6.53. The molecule has 0 aliphatic carbocycles. The molecule has 0 atom stereocenters. The number of hydrogen-bond donors (Lipinski definition) is 0. The van der Waals surface area contributed by atoms with Gasteiger partial charge in [-0.1, -0.05) is 24.3 Å². The zero-order chi connectivity index (χ0) is 19.5. The number of ether oxygens (including phenoxy) is 1. The molecule has 2 heterocycles. The maximum Gasteiger partial charge on any atom is 0.257 e. The predicted molar refractivity (Wildman–Crippen MR) is 112 cm³/mol. The summed E-state index contributed by atoms with van der Waals surface area (Å²) in [4.78, 5) is 21.2. The smallest absolute Gasteiger partial charge is 0.257 e. The number of anilines is 1. The lowest BCUT2D eigenvalue weighted by molar-refractivity contribution is 0.0743. The number of benzene rings is 2. The Balaban J connectivity index is 0.00000240. The van der Waals surface area contributed by atoms with Gasteiger partial charge in [0.2, 0.25) is 5.95 Å². The Morgan fingerprint density at radius 2 is 1.72 bits per heavy atom. The van der Waals surface area contributed by atoms with Gasteiger partial charge in [-0.15, -0.1) is 12.4 Å². The van der Waals surface area contributed by atoms with Crippen molar-refractivity contribution in [2.45, 2.75) is 0 Å². The molecule has 1 aromatic heterocycles. The highest BCUT2D eigenvalue weighted by Gasteiger charge is 2.26. The largest absolute Gasteiger partial charge is 0.496 e. The molecule has 1 aliphatic rings. The van der Waals surface area contributed by atoms with Crippen LogP contribution < -0.4 is 9.64 Å². The van der Waals surface area contributed by atoms with E-state index in [0.717, 1.165) is 0 Å². The van der Waals surface area contributed by atoms with Gasteiger partial charge in [-0.2, -0.15) is 0 Å². The van der Waals surface area contributed by atoms with E-state index in [2.05, 4.69) is 9.88 Å². The minimum Gasteiger partial charge on any atom is -0.496 e. The van der Waals surface area contributed by atoms with Crippen LogP contribution in [0.5, 0.6) is 5.75 Å². The number of aromatic nitrogens is 2. The molecule has 0 saturated carbocycles. The Morgan fingerprint density at radius 1 is 1.03 bits per heavy atom. The van der Waals surface area contributed by atoms with Gasteiger partial charge in [-0.3, -0.25) is 9.36 Å². The molecular weight excluding hydrogens is 395 g/mol. The third-order valence-corrected chi connectivity index (χ3v) is 4.92. The van der Waals surface area contributed by atoms with Gasteiger partial charge in [0.1, 0.15) is 11.6 Å². The van der Waals surface area contributed by atoms with Crippen molar-refractivity contribution in [3.05, 3.63) is 72.3 Å². The van der Waals surface area contributed by atoms with Crippen molar-refractivity contribution >= 4 is 24.3 Å². The van der Waals surface area contributed by atoms with E-state index >= 15 is 0 Å². The van der Waals surface area contributed by atoms with Crippen molar-refractivity contribution < 1.29 is 13.9 Å². The van der Waals surface area contributed by atoms with Crippen LogP contribution in [0.15, 0.2) is 60.9 Å². The summed E-state index contributed by atoms with van der Waals surface area (Å²) in [7, 11) is 1.56. The van der Waals surface area contributed by atoms with Crippen molar-refractivity contribution in [3.63, 3.8) is 0 Å². The monoisotopic (exact) mass is 416 g/mol. The maximum atomic E-state index is 14.2. The van der Waals surface area contributed by atoms with Crippen molar-refractivity contribution in [1.29, 1.82) is 0 Å². The molecule has 1 aliphatic heterocycles. The van der Waals surface area contributed by atoms with Gasteiger partial charge in [0, 0.05) is 38.6 Å². The van der Waals surface area contributed by atoms with E-state index in [1.807, 2.05) is 17.0 Å². The number of amides is 1. The van der Waals surface area contributed by atoms with Crippen LogP contribution >= 0.6 is 12.4 Å². The molecule has 1 amide bonds. The first-order valence-corrected chi connectivity index (χ1v) is 9.14. The summed E-state index contributed by atoms with van der Waals surface area (Å²) in [6, 6.07) is 13.9. The van der Waals surface area contributed by atoms with E-state index in [4.69, 9.17) is 4.74 Å². The van der Waals surface area contributed by atoms with E-state index < -0.39 is 0 Å². The molecule has 3 aromatic rings. The molecule has 29 heavy (non-hydrogen) atoms. The molecule has 0 N–H and O–H groups in total. The van der Waals surface area contributed by atoms with E-state index in [-0.39, 0.29) is 24.1 Å². The topological polar surface area (TPSA) is 50.6 Å². The lowest BCUT2D eigenvalue weighted by Crippen LogP contribution is -2.49. The zero-order valence-electron chi connectivity index (χ0n) is 16.0. The molecule has 0 spiro atoms. The highest BCUT2D eigenvalue weighted by molar-refractivity contribution is 5.97. The van der Waals surface area contributed by atoms with Gasteiger partial charge in [0.25, 0.3) is 5.91 Å². The molecule has 0 bridgehead atoms. The molecule has 0 unspecified atom stereocenters. The van der Waals surface area contributed by atoms with Crippen molar-refractivity contribution in [1.82, 2.24) is 14.5 Å². The average Bonchev–Trinajstić information content (AvgIpc) is 3.23. The summed E-state index contributed by atoms with van der Waals surface area (Å²) in [6.45, 7) is 2.35. The van der Waals surface area contributed by atoms with Crippen LogP contribution in [-0.4, -0.2) is 53.6 Å². The molecule has 1 fully saturated rings. The first kappa shape index (κ1) is 20.7. The minimum atomic E-state index is -0.299. The molecule has 4 rings (SSSR count). The van der Waals surface area contributed by atoms with Crippen LogP contribution in [0.4, 0.5) is 10.3 Å². The summed E-state index contributed by atoms with van der Waals surface area (Å²) in [5, 5.41) is 0. The highest BCUT2D eigenvalue weighted by atomic mass is 35.5. The van der Waals surface area contributed by atoms with Crippen molar-refractivity contribution in [2.75, 3.05) is 38.2 Å². The number of carbonyl (C=O) groups excluding carboxylic acids is 1. The number of imidazole rings is 1. The van der Waals surface area contributed by atoms with Gasteiger partial charge < -0.3 is 14.5 Å². The van der Waals surface area contributed by atoms with E-state index in [1.165, 1.54) is 6.07 Å². The average molecular weight is 417 g/mol. The Hall–Kier alpha value is -3.06. The fourth-order valence-electron chi connectivity index (χ4n) is 3.47. The SMILES string of the molecule is COc1ccccc1C(=O)N1CCN(c2nccn2-c2ccccc2F)CC1.Cl. The van der Waals surface area contributed by atoms with Gasteiger partial charge in [0.05, 0.1) is 18.4 Å². The molecule has 1 saturated heterocycles. The fraction of sp³-hybridized carbons (Fsp3) is 0.238. The highest BCUT2D eigenvalue weighted by Crippen LogP contribution is 2.23. The van der Waals surface area contributed by atoms with Crippen LogP contribution in [0, 0.1) is 5.82 Å². The Bertz CT molecular complexity index is 986. The van der Waals surface area contributed by atoms with Gasteiger partial charge >= 0.3 is 0 Å². The number of halogens is 2. The second-order valence-electron chi connectivity index (χ2n) is 6.53. The van der Waals surface area contributed by atoms with Crippen LogP contribution in [0.25, 0.3) is 5.69 Å². The normalized spacial score (nSPS) is 13.7. The fourth-order valence-corrected chi connectivity index (χ4v) is 3.47. The first-order chi connectivity index (χ1) is 13.7. The lowest BCUT2D eigenvalue weighted by Gasteiger charge is -2.35. The van der Waals surface area contributed by atoms with Crippen LogP contribution in [0.2, 0.25) is 0 Å². The molecule has 2 aromatic carbocycles. The Morgan fingerprint density at radius 3 is 2.45 bits per heavy atom. The number of hydrogen-bond acceptors (Lipinski definition) is 4. The van der Waals surface area contributed by atoms with Crippen molar-refractivity contribution in [3.8, 4) is 11.4 Å². The third-order valence-electron chi connectivity index (χ3n) is 4.92. The Labute approximate surface area is 174 Å². The van der Waals surface area contributed by atoms with Crippen molar-refractivity contribution in [2.24, 2.45) is 0 Å². The second kappa shape index (κ2) is 8.96. The summed E-state index contributed by atoms with van der Waals surface area (Å²) >= 11 is 0. The molecule has 6 nitrogen and oxygen atoms in total. The summed E-state index contributed by atoms with van der Waals surface area (Å²) in [5.41, 5.74) is 1.02. The quantitative estimate of drug-likeness (QED) is 0.654. The first-order valence-electron chi connectivity index (χ1n) is 9.14. The molecule has 0 radical (unpaired) electrons. The van der Waals surface area contributed by atoms with E-state index in [9.17, 15) is 9.18 Å². The molecule has 152 valence electrons. The number of para-hydroxylation sites is 2. The van der Waals surface area contributed by atoms with Gasteiger partial charge in [0.15, 0.2) is 0 Å². The maximum absolute atomic E-state index is 14.2. The summed E-state index contributed by atoms with van der Waals surface area (Å²) < 4.78 is 21.2.